The first-order valence-corrected chi connectivity index (χ1v) is 10.4. The van der Waals surface area contributed by atoms with Crippen LogP contribution < -0.4 is 0 Å². The standard InChI is InChI=1S/C28H12F2N2O2/c29-25-19(13-31)27-28(20(14-32)26(25)30)34-22-12-10-16-6-2-4-8-18(16)24(22)23-17-7-3-1-5-15(17)9-11-21(23)33-27/h1-12H. The zero-order chi connectivity index (χ0) is 23.4. The summed E-state index contributed by atoms with van der Waals surface area (Å²) in [6.45, 7) is 0. The Morgan fingerprint density at radius 2 is 0.971 bits per heavy atom. The second kappa shape index (κ2) is 7.30. The van der Waals surface area contributed by atoms with Gasteiger partial charge in [-0.3, -0.25) is 0 Å². The number of halogens is 2. The maximum atomic E-state index is 14.7. The number of benzene rings is 5. The molecule has 6 heteroatoms. The summed E-state index contributed by atoms with van der Waals surface area (Å²) in [5.41, 5.74) is -1.37. The van der Waals surface area contributed by atoms with Gasteiger partial charge in [0.25, 0.3) is 0 Å². The summed E-state index contributed by atoms with van der Waals surface area (Å²) >= 11 is 0. The van der Waals surface area contributed by atoms with Crippen LogP contribution in [0.15, 0.2) is 81.6 Å². The fourth-order valence-corrected chi connectivity index (χ4v) is 4.45. The molecule has 0 N–H and O–H groups in total. The second-order valence-electron chi connectivity index (χ2n) is 7.78. The number of rotatable bonds is 0. The molecule has 0 saturated heterocycles. The molecule has 0 fully saturated rings. The molecule has 1 heterocycles. The highest BCUT2D eigenvalue weighted by molar-refractivity contribution is 6.24. The van der Waals surface area contributed by atoms with Crippen LogP contribution >= 0.6 is 0 Å². The summed E-state index contributed by atoms with van der Waals surface area (Å²) in [6.07, 6.45) is 0. The predicted octanol–water partition coefficient (Wildman–Crippen LogP) is 7.78. The monoisotopic (exact) mass is 446 g/mol. The summed E-state index contributed by atoms with van der Waals surface area (Å²) in [6, 6.07) is 25.8. The molecule has 0 aliphatic heterocycles. The van der Waals surface area contributed by atoms with Crippen LogP contribution in [0.4, 0.5) is 8.78 Å². The minimum absolute atomic E-state index is 0.326. The lowest BCUT2D eigenvalue weighted by molar-refractivity contribution is 0.498. The highest BCUT2D eigenvalue weighted by Crippen LogP contribution is 2.38. The molecular weight excluding hydrogens is 434 g/mol. The van der Waals surface area contributed by atoms with E-state index in [1.807, 2.05) is 60.7 Å². The van der Waals surface area contributed by atoms with E-state index in [1.54, 1.807) is 24.3 Å². The van der Waals surface area contributed by atoms with Crippen molar-refractivity contribution >= 4 is 54.6 Å². The average Bonchev–Trinajstić information content (AvgIpc) is 2.86. The van der Waals surface area contributed by atoms with E-state index in [9.17, 15) is 19.3 Å². The van der Waals surface area contributed by atoms with Crippen molar-refractivity contribution in [2.75, 3.05) is 0 Å². The lowest BCUT2D eigenvalue weighted by Gasteiger charge is -2.10. The van der Waals surface area contributed by atoms with Crippen molar-refractivity contribution in [1.82, 2.24) is 0 Å². The van der Waals surface area contributed by atoms with Gasteiger partial charge >= 0.3 is 0 Å². The van der Waals surface area contributed by atoms with Gasteiger partial charge in [-0.1, -0.05) is 60.7 Å². The molecule has 1 aromatic heterocycles. The zero-order valence-corrected chi connectivity index (χ0v) is 17.4. The molecule has 0 aliphatic rings. The molecule has 0 spiro atoms. The Labute approximate surface area is 190 Å². The van der Waals surface area contributed by atoms with Gasteiger partial charge in [-0.15, -0.1) is 0 Å². The molecule has 4 nitrogen and oxygen atoms in total. The zero-order valence-electron chi connectivity index (χ0n) is 17.4. The molecule has 6 rings (SSSR count). The summed E-state index contributed by atoms with van der Waals surface area (Å²) < 4.78 is 41.6. The SMILES string of the molecule is N#Cc1c(F)c(F)c(C#N)c2oc3ccc4ccccc4c3c3c(ccc4ccccc43)oc12. The summed E-state index contributed by atoms with van der Waals surface area (Å²) in [4.78, 5) is 0. The van der Waals surface area contributed by atoms with Crippen molar-refractivity contribution in [2.24, 2.45) is 0 Å². The third kappa shape index (κ3) is 2.66. The number of hydrogen-bond acceptors (Lipinski definition) is 4. The Morgan fingerprint density at radius 1 is 0.559 bits per heavy atom. The van der Waals surface area contributed by atoms with E-state index < -0.39 is 22.8 Å². The minimum atomic E-state index is -1.46. The molecule has 0 radical (unpaired) electrons. The molecule has 0 unspecified atom stereocenters. The second-order valence-corrected chi connectivity index (χ2v) is 7.78. The highest BCUT2D eigenvalue weighted by atomic mass is 19.2. The predicted molar refractivity (Wildman–Crippen MR) is 125 cm³/mol. The van der Waals surface area contributed by atoms with Crippen LogP contribution in [0.2, 0.25) is 0 Å². The highest BCUT2D eigenvalue weighted by Gasteiger charge is 2.24. The van der Waals surface area contributed by atoms with Crippen molar-refractivity contribution in [1.29, 1.82) is 10.5 Å². The number of fused-ring (bicyclic) bond motifs is 8. The third-order valence-electron chi connectivity index (χ3n) is 5.97. The van der Waals surface area contributed by atoms with Crippen molar-refractivity contribution in [3.05, 3.63) is 95.6 Å². The Hall–Kier alpha value is -4.94. The maximum absolute atomic E-state index is 14.7. The normalized spacial score (nSPS) is 11.2. The van der Waals surface area contributed by atoms with Crippen LogP contribution in [0.3, 0.4) is 0 Å². The summed E-state index contributed by atoms with van der Waals surface area (Å²) in [7, 11) is 0. The van der Waals surface area contributed by atoms with E-state index in [0.717, 1.165) is 21.5 Å². The molecule has 6 aromatic rings. The molecule has 0 amide bonds. The maximum Gasteiger partial charge on any atom is 0.192 e. The van der Waals surface area contributed by atoms with Gasteiger partial charge in [0.2, 0.25) is 0 Å². The van der Waals surface area contributed by atoms with Crippen LogP contribution in [0.5, 0.6) is 0 Å². The van der Waals surface area contributed by atoms with Crippen LogP contribution in [-0.4, -0.2) is 0 Å². The molecule has 0 bridgehead atoms. The van der Waals surface area contributed by atoms with Crippen LogP contribution in [0.25, 0.3) is 54.6 Å². The van der Waals surface area contributed by atoms with Crippen LogP contribution in [0.1, 0.15) is 11.1 Å². The van der Waals surface area contributed by atoms with Crippen LogP contribution in [-0.2, 0) is 0 Å². The summed E-state index contributed by atoms with van der Waals surface area (Å²) in [5.74, 6) is -2.91. The quantitative estimate of drug-likeness (QED) is 0.239. The molecule has 160 valence electrons. The van der Waals surface area contributed by atoms with Crippen LogP contribution in [0, 0.1) is 34.3 Å². The van der Waals surface area contributed by atoms with Crippen molar-refractivity contribution < 1.29 is 17.6 Å². The molecule has 5 aromatic carbocycles. The van der Waals surface area contributed by atoms with Gasteiger partial charge in [-0.25, -0.2) is 8.78 Å². The lowest BCUT2D eigenvalue weighted by atomic mass is 9.98. The van der Waals surface area contributed by atoms with Gasteiger partial charge in [0.05, 0.1) is 0 Å². The largest absolute Gasteiger partial charge is 0.451 e. The molecule has 34 heavy (non-hydrogen) atoms. The average molecular weight is 446 g/mol. The van der Waals surface area contributed by atoms with E-state index in [-0.39, 0.29) is 11.2 Å². The van der Waals surface area contributed by atoms with Gasteiger partial charge < -0.3 is 8.83 Å². The van der Waals surface area contributed by atoms with Crippen molar-refractivity contribution in [3.63, 3.8) is 0 Å². The van der Waals surface area contributed by atoms with E-state index in [4.69, 9.17) is 8.83 Å². The molecule has 0 atom stereocenters. The molecular formula is C28H12F2N2O2. The molecule has 0 aliphatic carbocycles. The van der Waals surface area contributed by atoms with E-state index >= 15 is 0 Å². The Bertz CT molecular complexity index is 1830. The summed E-state index contributed by atoms with van der Waals surface area (Å²) in [5, 5.41) is 24.2. The first kappa shape index (κ1) is 19.7. The Morgan fingerprint density at radius 3 is 1.38 bits per heavy atom. The third-order valence-corrected chi connectivity index (χ3v) is 5.97. The van der Waals surface area contributed by atoms with Gasteiger partial charge in [0, 0.05) is 10.8 Å². The van der Waals surface area contributed by atoms with Gasteiger partial charge in [0.1, 0.15) is 34.4 Å². The number of nitrogens with zero attached hydrogens (tertiary/aromatic N) is 2. The smallest absolute Gasteiger partial charge is 0.192 e. The van der Waals surface area contributed by atoms with Gasteiger partial charge in [0.15, 0.2) is 22.8 Å². The Kier molecular flexibility index (Phi) is 4.23. The van der Waals surface area contributed by atoms with E-state index in [1.165, 1.54) is 0 Å². The number of nitriles is 2. The fourth-order valence-electron chi connectivity index (χ4n) is 4.45. The number of hydrogen-bond donors (Lipinski definition) is 0. The van der Waals surface area contributed by atoms with Gasteiger partial charge in [-0.2, -0.15) is 10.5 Å². The van der Waals surface area contributed by atoms with Crippen molar-refractivity contribution in [3.8, 4) is 12.1 Å². The first-order chi connectivity index (χ1) is 16.6. The topological polar surface area (TPSA) is 73.9 Å². The molecule has 0 saturated carbocycles. The lowest BCUT2D eigenvalue weighted by Crippen LogP contribution is -1.97. The van der Waals surface area contributed by atoms with E-state index in [2.05, 4.69) is 0 Å². The Balaban J connectivity index is 2.06. The fraction of sp³-hybridized carbons (Fsp3) is 0. The van der Waals surface area contributed by atoms with E-state index in [0.29, 0.717) is 21.9 Å². The first-order valence-electron chi connectivity index (χ1n) is 10.4. The minimum Gasteiger partial charge on any atom is -0.451 e. The van der Waals surface area contributed by atoms with Crippen molar-refractivity contribution in [2.45, 2.75) is 0 Å². The van der Waals surface area contributed by atoms with Gasteiger partial charge in [-0.05, 0) is 33.7 Å².